The molecule has 0 N–H and O–H groups in total. The van der Waals surface area contributed by atoms with Crippen molar-refractivity contribution in [2.24, 2.45) is 0 Å². The fraction of sp³-hybridized carbons (Fsp3) is 0.500. The molecule has 0 aliphatic heterocycles. The van der Waals surface area contributed by atoms with Gasteiger partial charge in [0.2, 0.25) is 5.22 Å². The molecule has 1 aromatic heterocycles. The molecule has 0 spiro atoms. The van der Waals surface area contributed by atoms with E-state index in [9.17, 15) is 4.79 Å². The van der Waals surface area contributed by atoms with Gasteiger partial charge in [0.25, 0.3) is 5.91 Å². The molecule has 14 heavy (non-hydrogen) atoms. The number of hydrogen-bond acceptors (Lipinski definition) is 2. The van der Waals surface area contributed by atoms with Crippen LogP contribution in [0.15, 0.2) is 16.7 Å². The molecule has 1 fully saturated rings. The SMILES string of the molecule is CCN(C(=O)c1ccoc1Cl)C1CC1. The van der Waals surface area contributed by atoms with E-state index in [-0.39, 0.29) is 11.1 Å². The molecule has 1 aromatic rings. The van der Waals surface area contributed by atoms with Crippen LogP contribution in [0.2, 0.25) is 5.22 Å². The molecule has 0 saturated heterocycles. The van der Waals surface area contributed by atoms with Crippen LogP contribution in [-0.4, -0.2) is 23.4 Å². The number of furan rings is 1. The van der Waals surface area contributed by atoms with Gasteiger partial charge in [-0.25, -0.2) is 0 Å². The molecule has 0 radical (unpaired) electrons. The summed E-state index contributed by atoms with van der Waals surface area (Å²) < 4.78 is 4.90. The molecule has 0 aromatic carbocycles. The molecule has 0 bridgehead atoms. The van der Waals surface area contributed by atoms with Gasteiger partial charge < -0.3 is 9.32 Å². The molecule has 4 heteroatoms. The van der Waals surface area contributed by atoms with E-state index < -0.39 is 0 Å². The van der Waals surface area contributed by atoms with Crippen LogP contribution in [0.4, 0.5) is 0 Å². The zero-order chi connectivity index (χ0) is 10.1. The second-order valence-corrected chi connectivity index (χ2v) is 3.77. The summed E-state index contributed by atoms with van der Waals surface area (Å²) >= 11 is 5.75. The van der Waals surface area contributed by atoms with E-state index in [2.05, 4.69) is 0 Å². The number of nitrogens with zero attached hydrogens (tertiary/aromatic N) is 1. The summed E-state index contributed by atoms with van der Waals surface area (Å²) in [7, 11) is 0. The second kappa shape index (κ2) is 3.65. The minimum Gasteiger partial charge on any atom is -0.452 e. The molecular formula is C10H12ClNO2. The van der Waals surface area contributed by atoms with Gasteiger partial charge in [-0.1, -0.05) is 0 Å². The van der Waals surface area contributed by atoms with Crippen LogP contribution in [-0.2, 0) is 0 Å². The van der Waals surface area contributed by atoms with E-state index in [4.69, 9.17) is 16.0 Å². The zero-order valence-corrected chi connectivity index (χ0v) is 8.75. The van der Waals surface area contributed by atoms with Gasteiger partial charge in [0.15, 0.2) is 0 Å². The van der Waals surface area contributed by atoms with Crippen molar-refractivity contribution in [3.63, 3.8) is 0 Å². The summed E-state index contributed by atoms with van der Waals surface area (Å²) in [5, 5.41) is 0.189. The summed E-state index contributed by atoms with van der Waals surface area (Å²) in [6.45, 7) is 2.70. The van der Waals surface area contributed by atoms with Crippen LogP contribution in [0.5, 0.6) is 0 Å². The van der Waals surface area contributed by atoms with Gasteiger partial charge in [-0.15, -0.1) is 0 Å². The number of amides is 1. The van der Waals surface area contributed by atoms with Crippen molar-refractivity contribution in [2.45, 2.75) is 25.8 Å². The third-order valence-corrected chi connectivity index (χ3v) is 2.73. The molecule has 1 amide bonds. The minimum absolute atomic E-state index is 0.0197. The highest BCUT2D eigenvalue weighted by atomic mass is 35.5. The molecule has 2 rings (SSSR count). The Kier molecular flexibility index (Phi) is 2.50. The third-order valence-electron chi connectivity index (χ3n) is 2.44. The van der Waals surface area contributed by atoms with Crippen molar-refractivity contribution >= 4 is 17.5 Å². The highest BCUT2D eigenvalue weighted by Gasteiger charge is 2.33. The van der Waals surface area contributed by atoms with Gasteiger partial charge in [0.05, 0.1) is 11.8 Å². The van der Waals surface area contributed by atoms with Crippen LogP contribution in [0.3, 0.4) is 0 Å². The molecular weight excluding hydrogens is 202 g/mol. The Labute approximate surface area is 87.6 Å². The standard InChI is InChI=1S/C10H12ClNO2/c1-2-12(7-3-4-7)10(13)8-5-6-14-9(8)11/h5-7H,2-4H2,1H3. The van der Waals surface area contributed by atoms with Gasteiger partial charge in [-0.3, -0.25) is 4.79 Å². The van der Waals surface area contributed by atoms with E-state index in [1.807, 2.05) is 11.8 Å². The minimum atomic E-state index is -0.0197. The lowest BCUT2D eigenvalue weighted by Gasteiger charge is -2.19. The molecule has 1 aliphatic carbocycles. The largest absolute Gasteiger partial charge is 0.452 e. The Balaban J connectivity index is 2.17. The van der Waals surface area contributed by atoms with Crippen molar-refractivity contribution in [1.29, 1.82) is 0 Å². The summed E-state index contributed by atoms with van der Waals surface area (Å²) in [6.07, 6.45) is 3.65. The van der Waals surface area contributed by atoms with Crippen molar-refractivity contribution in [2.75, 3.05) is 6.54 Å². The van der Waals surface area contributed by atoms with E-state index in [1.165, 1.54) is 6.26 Å². The third kappa shape index (κ3) is 1.64. The molecule has 0 unspecified atom stereocenters. The summed E-state index contributed by atoms with van der Waals surface area (Å²) in [6, 6.07) is 2.04. The van der Waals surface area contributed by atoms with E-state index >= 15 is 0 Å². The fourth-order valence-electron chi connectivity index (χ4n) is 1.55. The van der Waals surface area contributed by atoms with Gasteiger partial charge in [0, 0.05) is 12.6 Å². The Morgan fingerprint density at radius 1 is 1.71 bits per heavy atom. The average Bonchev–Trinajstić information content (AvgIpc) is 2.90. The Bertz CT molecular complexity index is 344. The first-order valence-electron chi connectivity index (χ1n) is 4.78. The number of hydrogen-bond donors (Lipinski definition) is 0. The molecule has 1 heterocycles. The first-order valence-corrected chi connectivity index (χ1v) is 5.15. The number of halogens is 1. The first kappa shape index (κ1) is 9.59. The van der Waals surface area contributed by atoms with Crippen molar-refractivity contribution in [3.05, 3.63) is 23.1 Å². The monoisotopic (exact) mass is 213 g/mol. The van der Waals surface area contributed by atoms with Gasteiger partial charge in [0.1, 0.15) is 0 Å². The second-order valence-electron chi connectivity index (χ2n) is 3.43. The first-order chi connectivity index (χ1) is 6.74. The quantitative estimate of drug-likeness (QED) is 0.773. The zero-order valence-electron chi connectivity index (χ0n) is 8.00. The van der Waals surface area contributed by atoms with Crippen molar-refractivity contribution in [1.82, 2.24) is 4.90 Å². The molecule has 1 aliphatic rings. The van der Waals surface area contributed by atoms with E-state index in [0.29, 0.717) is 11.6 Å². The molecule has 1 saturated carbocycles. The number of carbonyl (C=O) groups is 1. The van der Waals surface area contributed by atoms with Crippen LogP contribution in [0, 0.1) is 0 Å². The number of carbonyl (C=O) groups excluding carboxylic acids is 1. The van der Waals surface area contributed by atoms with Crippen LogP contribution < -0.4 is 0 Å². The average molecular weight is 214 g/mol. The van der Waals surface area contributed by atoms with Crippen LogP contribution >= 0.6 is 11.6 Å². The summed E-state index contributed by atoms with van der Waals surface area (Å²) in [5.74, 6) is -0.0197. The Morgan fingerprint density at radius 2 is 2.43 bits per heavy atom. The maximum atomic E-state index is 11.9. The van der Waals surface area contributed by atoms with Crippen LogP contribution in [0.1, 0.15) is 30.1 Å². The summed E-state index contributed by atoms with van der Waals surface area (Å²) in [5.41, 5.74) is 0.473. The van der Waals surface area contributed by atoms with Crippen molar-refractivity contribution in [3.8, 4) is 0 Å². The highest BCUT2D eigenvalue weighted by molar-refractivity contribution is 6.32. The lowest BCUT2D eigenvalue weighted by molar-refractivity contribution is 0.0752. The topological polar surface area (TPSA) is 33.5 Å². The van der Waals surface area contributed by atoms with Gasteiger partial charge in [-0.05, 0) is 37.4 Å². The maximum absolute atomic E-state index is 11.9. The predicted molar refractivity (Wildman–Crippen MR) is 53.5 cm³/mol. The normalized spacial score (nSPS) is 15.6. The molecule has 3 nitrogen and oxygen atoms in total. The van der Waals surface area contributed by atoms with E-state index in [0.717, 1.165) is 19.4 Å². The van der Waals surface area contributed by atoms with Gasteiger partial charge in [-0.2, -0.15) is 0 Å². The van der Waals surface area contributed by atoms with E-state index in [1.54, 1.807) is 6.07 Å². The highest BCUT2D eigenvalue weighted by Crippen LogP contribution is 2.29. The predicted octanol–water partition coefficient (Wildman–Crippen LogP) is 2.56. The fourth-order valence-corrected chi connectivity index (χ4v) is 1.75. The molecule has 76 valence electrons. The molecule has 0 atom stereocenters. The van der Waals surface area contributed by atoms with Crippen LogP contribution in [0.25, 0.3) is 0 Å². The number of rotatable bonds is 3. The van der Waals surface area contributed by atoms with Crippen molar-refractivity contribution < 1.29 is 9.21 Å². The Morgan fingerprint density at radius 3 is 2.86 bits per heavy atom. The lowest BCUT2D eigenvalue weighted by Crippen LogP contribution is -2.32. The summed E-state index contributed by atoms with van der Waals surface area (Å²) in [4.78, 5) is 13.8. The van der Waals surface area contributed by atoms with Gasteiger partial charge >= 0.3 is 0 Å². The maximum Gasteiger partial charge on any atom is 0.258 e. The lowest BCUT2D eigenvalue weighted by atomic mass is 10.3. The Hall–Kier alpha value is -0.960. The smallest absolute Gasteiger partial charge is 0.258 e.